The number of benzene rings is 2. The lowest BCUT2D eigenvalue weighted by atomic mass is 10.1. The predicted molar refractivity (Wildman–Crippen MR) is 97.6 cm³/mol. The Bertz CT molecular complexity index is 753. The van der Waals surface area contributed by atoms with Gasteiger partial charge in [-0.05, 0) is 60.7 Å². The third kappa shape index (κ3) is 6.81. The van der Waals surface area contributed by atoms with Crippen molar-refractivity contribution in [3.63, 3.8) is 0 Å². The largest absolute Gasteiger partial charge is 0.478 e. The molecule has 0 radical (unpaired) electrons. The van der Waals surface area contributed by atoms with Crippen LogP contribution in [0.25, 0.3) is 6.08 Å². The normalized spacial score (nSPS) is 11.7. The summed E-state index contributed by atoms with van der Waals surface area (Å²) in [6, 6.07) is 11.6. The lowest BCUT2D eigenvalue weighted by Crippen LogP contribution is -2.21. The molecule has 6 heteroatoms. The van der Waals surface area contributed by atoms with Gasteiger partial charge in [0.05, 0.1) is 12.2 Å². The first kappa shape index (κ1) is 20.6. The lowest BCUT2D eigenvalue weighted by molar-refractivity contribution is -0.185. The van der Waals surface area contributed by atoms with Crippen LogP contribution in [0.15, 0.2) is 54.6 Å². The molecule has 0 bridgehead atoms. The van der Waals surface area contributed by atoms with E-state index < -0.39 is 12.1 Å². The van der Waals surface area contributed by atoms with Crippen molar-refractivity contribution < 1.29 is 27.8 Å². The number of ether oxygens (including phenoxy) is 1. The number of halogens is 3. The van der Waals surface area contributed by atoms with Crippen molar-refractivity contribution >= 4 is 12.0 Å². The molecule has 0 unspecified atom stereocenters. The van der Waals surface area contributed by atoms with Crippen LogP contribution in [-0.4, -0.2) is 17.8 Å². The van der Waals surface area contributed by atoms with Crippen molar-refractivity contribution in [2.45, 2.75) is 31.8 Å². The van der Waals surface area contributed by atoms with Gasteiger partial charge in [-0.1, -0.05) is 30.7 Å². The third-order valence-corrected chi connectivity index (χ3v) is 3.93. The minimum atomic E-state index is -3.52. The van der Waals surface area contributed by atoms with E-state index in [2.05, 4.69) is 0 Å². The molecule has 0 fully saturated rings. The zero-order chi connectivity index (χ0) is 19.7. The van der Waals surface area contributed by atoms with Crippen molar-refractivity contribution in [1.29, 1.82) is 0 Å². The molecule has 3 nitrogen and oxygen atoms in total. The summed E-state index contributed by atoms with van der Waals surface area (Å²) >= 11 is 0. The Morgan fingerprint density at radius 2 is 1.67 bits per heavy atom. The molecule has 0 amide bonds. The lowest BCUT2D eigenvalue weighted by Gasteiger charge is -2.18. The molecule has 27 heavy (non-hydrogen) atoms. The highest BCUT2D eigenvalue weighted by atomic mass is 19.3. The Hall–Kier alpha value is -2.76. The number of unbranched alkanes of at least 4 members (excludes halogenated alkanes) is 2. The average Bonchev–Trinajstić information content (AvgIpc) is 2.65. The van der Waals surface area contributed by atoms with Crippen molar-refractivity contribution in [2.24, 2.45) is 0 Å². The van der Waals surface area contributed by atoms with Crippen LogP contribution in [0.2, 0.25) is 0 Å². The monoisotopic (exact) mass is 378 g/mol. The molecule has 1 N–H and O–H groups in total. The van der Waals surface area contributed by atoms with E-state index in [1.54, 1.807) is 12.1 Å². The molecule has 0 aliphatic heterocycles. The van der Waals surface area contributed by atoms with E-state index in [1.807, 2.05) is 0 Å². The summed E-state index contributed by atoms with van der Waals surface area (Å²) < 4.78 is 45.5. The summed E-state index contributed by atoms with van der Waals surface area (Å²) in [5, 5.41) is 8.57. The summed E-state index contributed by atoms with van der Waals surface area (Å²) in [4.78, 5) is 10.5. The van der Waals surface area contributed by atoms with Gasteiger partial charge in [-0.15, -0.1) is 0 Å². The number of alkyl halides is 3. The van der Waals surface area contributed by atoms with Gasteiger partial charge in [0.25, 0.3) is 0 Å². The van der Waals surface area contributed by atoms with Gasteiger partial charge in [-0.2, -0.15) is 8.78 Å². The highest BCUT2D eigenvalue weighted by Crippen LogP contribution is 2.32. The maximum Gasteiger partial charge on any atom is 0.426 e. The molecule has 0 heterocycles. The Morgan fingerprint density at radius 3 is 2.26 bits per heavy atom. The number of aliphatic carboxylic acids is 1. The second kappa shape index (κ2) is 9.80. The van der Waals surface area contributed by atoms with Crippen LogP contribution in [0, 0.1) is 0 Å². The number of carbonyl (C=O) groups is 1. The first-order chi connectivity index (χ1) is 12.9. The second-order valence-electron chi connectivity index (χ2n) is 6.06. The minimum Gasteiger partial charge on any atom is -0.478 e. The second-order valence-corrected chi connectivity index (χ2v) is 6.06. The van der Waals surface area contributed by atoms with Crippen molar-refractivity contribution in [2.75, 3.05) is 6.67 Å². The maximum atomic E-state index is 14.3. The summed E-state index contributed by atoms with van der Waals surface area (Å²) in [5.74, 6) is -1.07. The van der Waals surface area contributed by atoms with Crippen LogP contribution < -0.4 is 4.74 Å². The Morgan fingerprint density at radius 1 is 1.00 bits per heavy atom. The minimum absolute atomic E-state index is 0.0438. The number of aryl methyl sites for hydroxylation is 1. The van der Waals surface area contributed by atoms with Gasteiger partial charge in [0.2, 0.25) is 0 Å². The Labute approximate surface area is 156 Å². The van der Waals surface area contributed by atoms with Crippen molar-refractivity contribution in [1.82, 2.24) is 0 Å². The fraction of sp³-hybridized carbons (Fsp3) is 0.286. The predicted octanol–water partition coefficient (Wildman–Crippen LogP) is 5.60. The van der Waals surface area contributed by atoms with E-state index in [0.29, 0.717) is 12.0 Å². The third-order valence-electron chi connectivity index (χ3n) is 3.93. The topological polar surface area (TPSA) is 46.5 Å². The maximum absolute atomic E-state index is 14.3. The highest BCUT2D eigenvalue weighted by Gasteiger charge is 2.34. The average molecular weight is 378 g/mol. The van der Waals surface area contributed by atoms with Crippen molar-refractivity contribution in [3.8, 4) is 5.75 Å². The number of hydrogen-bond acceptors (Lipinski definition) is 2. The van der Waals surface area contributed by atoms with E-state index in [1.165, 1.54) is 42.5 Å². The fourth-order valence-corrected chi connectivity index (χ4v) is 2.49. The summed E-state index contributed by atoms with van der Waals surface area (Å²) in [6.07, 6.45) is 1.69. The number of carboxylic acids is 1. The van der Waals surface area contributed by atoms with Gasteiger partial charge in [0.1, 0.15) is 5.75 Å². The van der Waals surface area contributed by atoms with Crippen LogP contribution in [-0.2, 0) is 17.3 Å². The van der Waals surface area contributed by atoms with Gasteiger partial charge < -0.3 is 9.84 Å². The van der Waals surface area contributed by atoms with Gasteiger partial charge in [0.15, 0.2) is 0 Å². The quantitative estimate of drug-likeness (QED) is 0.433. The molecule has 0 saturated carbocycles. The molecular formula is C21H21F3O3. The molecule has 0 aliphatic carbocycles. The van der Waals surface area contributed by atoms with Crippen LogP contribution >= 0.6 is 0 Å². The van der Waals surface area contributed by atoms with Crippen LogP contribution in [0.5, 0.6) is 5.75 Å². The van der Waals surface area contributed by atoms with Gasteiger partial charge in [0, 0.05) is 6.08 Å². The molecule has 2 rings (SSSR count). The molecule has 0 aliphatic rings. The molecule has 0 spiro atoms. The molecule has 0 aromatic heterocycles. The smallest absolute Gasteiger partial charge is 0.426 e. The van der Waals surface area contributed by atoms with Crippen molar-refractivity contribution in [3.05, 3.63) is 71.3 Å². The number of hydrogen-bond donors (Lipinski definition) is 1. The van der Waals surface area contributed by atoms with E-state index in [4.69, 9.17) is 9.84 Å². The Kier molecular flexibility index (Phi) is 7.46. The van der Waals surface area contributed by atoms with Crippen LogP contribution in [0.4, 0.5) is 13.2 Å². The van der Waals surface area contributed by atoms with E-state index in [9.17, 15) is 18.0 Å². The van der Waals surface area contributed by atoms with Crippen LogP contribution in [0.3, 0.4) is 0 Å². The zero-order valence-corrected chi connectivity index (χ0v) is 14.7. The fourth-order valence-electron chi connectivity index (χ4n) is 2.49. The van der Waals surface area contributed by atoms with Gasteiger partial charge >= 0.3 is 12.1 Å². The molecule has 0 saturated heterocycles. The zero-order valence-electron chi connectivity index (χ0n) is 14.7. The summed E-state index contributed by atoms with van der Waals surface area (Å²) in [5.41, 5.74) is 1.15. The SMILES string of the molecule is O=C(O)C=Cc1ccc(C(F)(F)Oc2ccc(CCCCCF)cc2)cc1. The first-order valence-corrected chi connectivity index (χ1v) is 8.64. The molecule has 2 aromatic rings. The van der Waals surface area contributed by atoms with E-state index in [0.717, 1.165) is 30.9 Å². The standard InChI is InChI=1S/C21H21F3O3/c22-15-3-1-2-4-16-7-12-19(13-8-16)27-21(23,24)18-10-5-17(6-11-18)9-14-20(25)26/h5-14H,1-4,15H2,(H,25,26). The van der Waals surface area contributed by atoms with E-state index >= 15 is 0 Å². The van der Waals surface area contributed by atoms with Gasteiger partial charge in [-0.25, -0.2) is 4.79 Å². The molecule has 2 aromatic carbocycles. The number of rotatable bonds is 10. The highest BCUT2D eigenvalue weighted by molar-refractivity contribution is 5.85. The first-order valence-electron chi connectivity index (χ1n) is 8.64. The van der Waals surface area contributed by atoms with E-state index in [-0.39, 0.29) is 18.0 Å². The number of carboxylic acid groups (broad SMARTS) is 1. The Balaban J connectivity index is 1.97. The van der Waals surface area contributed by atoms with Gasteiger partial charge in [-0.3, -0.25) is 4.39 Å². The summed E-state index contributed by atoms with van der Waals surface area (Å²) in [6.45, 7) is -0.321. The summed E-state index contributed by atoms with van der Waals surface area (Å²) in [7, 11) is 0. The molecule has 144 valence electrons. The molecular weight excluding hydrogens is 357 g/mol. The van der Waals surface area contributed by atoms with Crippen LogP contribution in [0.1, 0.15) is 36.0 Å². The molecule has 0 atom stereocenters.